The number of ether oxygens (including phenoxy) is 2. The molecule has 0 rings (SSSR count). The summed E-state index contributed by atoms with van der Waals surface area (Å²) in [5.41, 5.74) is 0. The fourth-order valence-electron chi connectivity index (χ4n) is 2.39. The molecule has 0 aromatic rings. The molecule has 0 saturated carbocycles. The lowest BCUT2D eigenvalue weighted by Gasteiger charge is -2.18. The fraction of sp³-hybridized carbons (Fsp3) is 0.900. The Morgan fingerprint density at radius 3 is 2.00 bits per heavy atom. The molecule has 0 saturated heterocycles. The van der Waals surface area contributed by atoms with Crippen LogP contribution < -0.4 is 0 Å². The maximum absolute atomic E-state index is 11.7. The van der Waals surface area contributed by atoms with E-state index in [2.05, 4.69) is 20.8 Å². The molecule has 0 aliphatic carbocycles. The zero-order chi connectivity index (χ0) is 18.2. The normalized spacial score (nSPS) is 13.3. The molecular weight excluding hydrogens is 304 g/mol. The van der Waals surface area contributed by atoms with Crippen molar-refractivity contribution in [2.45, 2.75) is 104 Å². The summed E-state index contributed by atoms with van der Waals surface area (Å²) >= 11 is 0. The van der Waals surface area contributed by atoms with Gasteiger partial charge in [0.05, 0.1) is 6.61 Å². The highest BCUT2D eigenvalue weighted by atomic mass is 16.5. The van der Waals surface area contributed by atoms with Gasteiger partial charge in [-0.15, -0.1) is 0 Å². The fourth-order valence-corrected chi connectivity index (χ4v) is 2.39. The molecule has 0 N–H and O–H groups in total. The Morgan fingerprint density at radius 2 is 1.38 bits per heavy atom. The van der Waals surface area contributed by atoms with Crippen molar-refractivity contribution in [2.75, 3.05) is 6.61 Å². The van der Waals surface area contributed by atoms with E-state index in [1.807, 2.05) is 6.92 Å². The number of hydrogen-bond donors (Lipinski definition) is 0. The molecule has 4 nitrogen and oxygen atoms in total. The summed E-state index contributed by atoms with van der Waals surface area (Å²) in [5.74, 6) is 0.154. The Kier molecular flexibility index (Phi) is 14.8. The second-order valence-electron chi connectivity index (χ2n) is 6.78. The Hall–Kier alpha value is -1.06. The molecule has 0 amide bonds. The van der Waals surface area contributed by atoms with Crippen molar-refractivity contribution in [2.24, 2.45) is 5.92 Å². The molecule has 0 heterocycles. The third kappa shape index (κ3) is 13.4. The highest BCUT2D eigenvalue weighted by molar-refractivity contribution is 5.70. The van der Waals surface area contributed by atoms with Gasteiger partial charge in [0.2, 0.25) is 0 Å². The van der Waals surface area contributed by atoms with Gasteiger partial charge >= 0.3 is 11.9 Å². The average molecular weight is 343 g/mol. The van der Waals surface area contributed by atoms with Crippen LogP contribution in [-0.2, 0) is 19.1 Å². The Bertz CT molecular complexity index is 328. The van der Waals surface area contributed by atoms with E-state index in [9.17, 15) is 9.59 Å². The Labute approximate surface area is 148 Å². The molecular formula is C20H38O4. The van der Waals surface area contributed by atoms with E-state index >= 15 is 0 Å². The molecule has 2 unspecified atom stereocenters. The third-order valence-corrected chi connectivity index (χ3v) is 4.54. The van der Waals surface area contributed by atoms with Gasteiger partial charge < -0.3 is 9.47 Å². The molecule has 0 aromatic carbocycles. The summed E-state index contributed by atoms with van der Waals surface area (Å²) in [6.07, 6.45) is 10.1. The summed E-state index contributed by atoms with van der Waals surface area (Å²) in [6, 6.07) is 0. The SMILES string of the molecule is CCCCCCCOC(=O)CCCCCC(=O)OC(C)C(C)CC. The minimum Gasteiger partial charge on any atom is -0.466 e. The highest BCUT2D eigenvalue weighted by Gasteiger charge is 2.14. The van der Waals surface area contributed by atoms with Crippen molar-refractivity contribution in [1.29, 1.82) is 0 Å². The van der Waals surface area contributed by atoms with E-state index in [1.54, 1.807) is 0 Å². The van der Waals surface area contributed by atoms with Crippen molar-refractivity contribution in [1.82, 2.24) is 0 Å². The molecule has 0 aliphatic heterocycles. The van der Waals surface area contributed by atoms with Crippen molar-refractivity contribution in [3.8, 4) is 0 Å². The van der Waals surface area contributed by atoms with E-state index in [-0.39, 0.29) is 18.0 Å². The largest absolute Gasteiger partial charge is 0.466 e. The summed E-state index contributed by atoms with van der Waals surface area (Å²) in [6.45, 7) is 8.87. The summed E-state index contributed by atoms with van der Waals surface area (Å²) in [4.78, 5) is 23.3. The van der Waals surface area contributed by atoms with E-state index in [4.69, 9.17) is 9.47 Å². The lowest BCUT2D eigenvalue weighted by Crippen LogP contribution is -2.21. The van der Waals surface area contributed by atoms with Crippen LogP contribution in [0, 0.1) is 5.92 Å². The molecule has 0 radical (unpaired) electrons. The first-order chi connectivity index (χ1) is 11.5. The monoisotopic (exact) mass is 342 g/mol. The van der Waals surface area contributed by atoms with Crippen LogP contribution >= 0.6 is 0 Å². The van der Waals surface area contributed by atoms with E-state index in [0.29, 0.717) is 25.4 Å². The molecule has 0 aromatic heterocycles. The maximum atomic E-state index is 11.7. The smallest absolute Gasteiger partial charge is 0.306 e. The van der Waals surface area contributed by atoms with Gasteiger partial charge in [-0.05, 0) is 32.1 Å². The minimum absolute atomic E-state index is 0.0187. The van der Waals surface area contributed by atoms with Crippen molar-refractivity contribution in [3.63, 3.8) is 0 Å². The quantitative estimate of drug-likeness (QED) is 0.294. The molecule has 24 heavy (non-hydrogen) atoms. The summed E-state index contributed by atoms with van der Waals surface area (Å²) < 4.78 is 10.6. The molecule has 0 bridgehead atoms. The summed E-state index contributed by atoms with van der Waals surface area (Å²) in [5, 5.41) is 0. The Morgan fingerprint density at radius 1 is 0.792 bits per heavy atom. The molecule has 0 spiro atoms. The molecule has 2 atom stereocenters. The lowest BCUT2D eigenvalue weighted by atomic mass is 10.0. The standard InChI is InChI=1S/C20H38O4/c1-5-7-8-9-13-16-23-19(21)14-11-10-12-15-20(22)24-18(4)17(3)6-2/h17-18H,5-16H2,1-4H3. The zero-order valence-corrected chi connectivity index (χ0v) is 16.3. The number of esters is 2. The van der Waals surface area contributed by atoms with Crippen LogP contribution in [0.2, 0.25) is 0 Å². The van der Waals surface area contributed by atoms with Crippen molar-refractivity contribution in [3.05, 3.63) is 0 Å². The van der Waals surface area contributed by atoms with Gasteiger partial charge in [-0.3, -0.25) is 9.59 Å². The number of hydrogen-bond acceptors (Lipinski definition) is 4. The number of carbonyl (C=O) groups excluding carboxylic acids is 2. The maximum Gasteiger partial charge on any atom is 0.306 e. The van der Waals surface area contributed by atoms with Gasteiger partial charge in [0, 0.05) is 12.8 Å². The zero-order valence-electron chi connectivity index (χ0n) is 16.3. The van der Waals surface area contributed by atoms with E-state index in [1.165, 1.54) is 19.3 Å². The van der Waals surface area contributed by atoms with Gasteiger partial charge in [0.15, 0.2) is 0 Å². The first-order valence-corrected chi connectivity index (χ1v) is 9.86. The molecule has 142 valence electrons. The first kappa shape index (κ1) is 22.9. The van der Waals surface area contributed by atoms with Gasteiger partial charge in [0.1, 0.15) is 6.10 Å². The van der Waals surface area contributed by atoms with Crippen LogP contribution in [0.5, 0.6) is 0 Å². The van der Waals surface area contributed by atoms with Gasteiger partial charge in [-0.25, -0.2) is 0 Å². The molecule has 4 heteroatoms. The van der Waals surface area contributed by atoms with Crippen LogP contribution in [0.4, 0.5) is 0 Å². The van der Waals surface area contributed by atoms with Crippen LogP contribution in [0.25, 0.3) is 0 Å². The molecule has 0 fully saturated rings. The van der Waals surface area contributed by atoms with Crippen LogP contribution in [0.15, 0.2) is 0 Å². The Balaban J connectivity index is 3.48. The predicted octanol–water partition coefficient (Wildman–Crippen LogP) is 5.43. The van der Waals surface area contributed by atoms with Gasteiger partial charge in [-0.2, -0.15) is 0 Å². The highest BCUT2D eigenvalue weighted by Crippen LogP contribution is 2.13. The first-order valence-electron chi connectivity index (χ1n) is 9.86. The lowest BCUT2D eigenvalue weighted by molar-refractivity contribution is -0.150. The number of carbonyl (C=O) groups is 2. The minimum atomic E-state index is -0.127. The van der Waals surface area contributed by atoms with E-state index in [0.717, 1.165) is 38.5 Å². The second kappa shape index (κ2) is 15.5. The predicted molar refractivity (Wildman–Crippen MR) is 97.8 cm³/mol. The van der Waals surface area contributed by atoms with Crippen LogP contribution in [0.1, 0.15) is 98.3 Å². The van der Waals surface area contributed by atoms with E-state index < -0.39 is 0 Å². The van der Waals surface area contributed by atoms with Gasteiger partial charge in [-0.1, -0.05) is 59.3 Å². The number of unbranched alkanes of at least 4 members (excludes halogenated alkanes) is 6. The number of rotatable bonds is 15. The third-order valence-electron chi connectivity index (χ3n) is 4.54. The van der Waals surface area contributed by atoms with Crippen LogP contribution in [-0.4, -0.2) is 24.6 Å². The topological polar surface area (TPSA) is 52.6 Å². The summed E-state index contributed by atoms with van der Waals surface area (Å²) in [7, 11) is 0. The van der Waals surface area contributed by atoms with Crippen molar-refractivity contribution >= 4 is 11.9 Å². The molecule has 0 aliphatic rings. The van der Waals surface area contributed by atoms with Crippen molar-refractivity contribution < 1.29 is 19.1 Å². The van der Waals surface area contributed by atoms with Crippen LogP contribution in [0.3, 0.4) is 0 Å². The second-order valence-corrected chi connectivity index (χ2v) is 6.78. The average Bonchev–Trinajstić information content (AvgIpc) is 2.56. The van der Waals surface area contributed by atoms with Gasteiger partial charge in [0.25, 0.3) is 0 Å².